The molecular formula is C20H23NS. The Balaban J connectivity index is 1.45. The van der Waals surface area contributed by atoms with E-state index in [1.807, 2.05) is 11.8 Å². The molecule has 0 spiro atoms. The van der Waals surface area contributed by atoms with Gasteiger partial charge in [0.2, 0.25) is 0 Å². The lowest BCUT2D eigenvalue weighted by atomic mass is 10.00. The Morgan fingerprint density at radius 2 is 1.64 bits per heavy atom. The van der Waals surface area contributed by atoms with Crippen LogP contribution in [0.15, 0.2) is 65.6 Å². The number of hydrogen-bond donors (Lipinski definition) is 0. The van der Waals surface area contributed by atoms with E-state index in [1.54, 1.807) is 0 Å². The topological polar surface area (TPSA) is 3.24 Å². The Bertz CT molecular complexity index is 598. The van der Waals surface area contributed by atoms with E-state index >= 15 is 0 Å². The Morgan fingerprint density at radius 1 is 0.909 bits per heavy atom. The highest BCUT2D eigenvalue weighted by Gasteiger charge is 2.45. The normalized spacial score (nSPS) is 27.4. The molecule has 2 aliphatic rings. The monoisotopic (exact) mass is 309 g/mol. The van der Waals surface area contributed by atoms with Gasteiger partial charge >= 0.3 is 0 Å². The largest absolute Gasteiger partial charge is 0.292 e. The Hall–Kier alpha value is -1.25. The van der Waals surface area contributed by atoms with Crippen LogP contribution < -0.4 is 0 Å². The maximum absolute atomic E-state index is 2.79. The summed E-state index contributed by atoms with van der Waals surface area (Å²) in [7, 11) is 0. The minimum atomic E-state index is 0.754. The third-order valence-corrected chi connectivity index (χ3v) is 6.37. The van der Waals surface area contributed by atoms with Crippen LogP contribution in [0.25, 0.3) is 0 Å². The average Bonchev–Trinajstić information content (AvgIpc) is 3.17. The van der Waals surface area contributed by atoms with Crippen LogP contribution in [0.3, 0.4) is 0 Å². The molecule has 0 N–H and O–H groups in total. The van der Waals surface area contributed by atoms with Crippen LogP contribution in [-0.4, -0.2) is 22.7 Å². The van der Waals surface area contributed by atoms with Crippen molar-refractivity contribution in [3.05, 3.63) is 66.2 Å². The van der Waals surface area contributed by atoms with Crippen LogP contribution in [0.1, 0.15) is 24.8 Å². The first-order chi connectivity index (χ1) is 10.9. The van der Waals surface area contributed by atoms with E-state index < -0.39 is 0 Å². The van der Waals surface area contributed by atoms with Crippen molar-refractivity contribution in [1.82, 2.24) is 4.90 Å². The lowest BCUT2D eigenvalue weighted by Crippen LogP contribution is -2.41. The van der Waals surface area contributed by atoms with Crippen molar-refractivity contribution in [3.8, 4) is 0 Å². The zero-order chi connectivity index (χ0) is 14.8. The molecule has 1 heterocycles. The van der Waals surface area contributed by atoms with E-state index in [2.05, 4.69) is 65.6 Å². The van der Waals surface area contributed by atoms with Crippen LogP contribution >= 0.6 is 11.8 Å². The van der Waals surface area contributed by atoms with Gasteiger partial charge in [-0.3, -0.25) is 4.90 Å². The summed E-state index contributed by atoms with van der Waals surface area (Å²) in [5.41, 5.74) is 1.46. The molecular weight excluding hydrogens is 286 g/mol. The molecule has 2 fully saturated rings. The minimum absolute atomic E-state index is 0.754. The van der Waals surface area contributed by atoms with Gasteiger partial charge in [-0.2, -0.15) is 0 Å². The Morgan fingerprint density at radius 3 is 2.41 bits per heavy atom. The highest BCUT2D eigenvalue weighted by molar-refractivity contribution is 7.99. The van der Waals surface area contributed by atoms with Crippen LogP contribution in [-0.2, 0) is 6.54 Å². The van der Waals surface area contributed by atoms with E-state index in [9.17, 15) is 0 Å². The minimum Gasteiger partial charge on any atom is -0.292 e. The van der Waals surface area contributed by atoms with Gasteiger partial charge in [0.05, 0.1) is 0 Å². The van der Waals surface area contributed by atoms with E-state index in [0.717, 1.165) is 24.5 Å². The molecule has 2 heteroatoms. The standard InChI is InChI=1S/C20H23NS/c1-3-7-16(8-4-1)14-21-18-12-11-17(13-18)20(21)15-22-19-9-5-2-6-10-19/h1-10,17-18,20H,11-15H2/t17-,18+,20+/m1/s1. The molecule has 1 aliphatic carbocycles. The average molecular weight is 309 g/mol. The van der Waals surface area contributed by atoms with Gasteiger partial charge < -0.3 is 0 Å². The van der Waals surface area contributed by atoms with Crippen LogP contribution in [0, 0.1) is 5.92 Å². The van der Waals surface area contributed by atoms with Crippen molar-refractivity contribution in [3.63, 3.8) is 0 Å². The summed E-state index contributed by atoms with van der Waals surface area (Å²) < 4.78 is 0. The third-order valence-electron chi connectivity index (χ3n) is 5.26. The lowest BCUT2D eigenvalue weighted by Gasteiger charge is -2.35. The zero-order valence-corrected chi connectivity index (χ0v) is 13.7. The molecule has 4 rings (SSSR count). The molecule has 2 bridgehead atoms. The van der Waals surface area contributed by atoms with E-state index in [-0.39, 0.29) is 0 Å². The van der Waals surface area contributed by atoms with Crippen molar-refractivity contribution in [2.45, 2.75) is 42.8 Å². The summed E-state index contributed by atoms with van der Waals surface area (Å²) in [6.45, 7) is 1.13. The predicted octanol–water partition coefficient (Wildman–Crippen LogP) is 4.83. The lowest BCUT2D eigenvalue weighted by molar-refractivity contribution is 0.145. The summed E-state index contributed by atoms with van der Waals surface area (Å²) in [6, 6.07) is 23.4. The molecule has 2 aromatic carbocycles. The second kappa shape index (κ2) is 6.47. The molecule has 0 aromatic heterocycles. The zero-order valence-electron chi connectivity index (χ0n) is 12.9. The number of rotatable bonds is 5. The number of thioether (sulfide) groups is 1. The van der Waals surface area contributed by atoms with Gasteiger partial charge in [0.25, 0.3) is 0 Å². The molecule has 3 atom stereocenters. The smallest absolute Gasteiger partial charge is 0.0240 e. The molecule has 22 heavy (non-hydrogen) atoms. The molecule has 2 aromatic rings. The summed E-state index contributed by atoms with van der Waals surface area (Å²) >= 11 is 2.03. The molecule has 0 unspecified atom stereocenters. The van der Waals surface area contributed by atoms with Crippen molar-refractivity contribution in [2.24, 2.45) is 5.92 Å². The Labute approximate surface area is 137 Å². The van der Waals surface area contributed by atoms with Gasteiger partial charge in [-0.05, 0) is 42.9 Å². The highest BCUT2D eigenvalue weighted by Crippen LogP contribution is 2.44. The number of piperidine rings is 1. The van der Waals surface area contributed by atoms with Crippen molar-refractivity contribution in [2.75, 3.05) is 5.75 Å². The van der Waals surface area contributed by atoms with Gasteiger partial charge in [-0.1, -0.05) is 48.5 Å². The molecule has 0 radical (unpaired) electrons. The molecule has 1 saturated heterocycles. The van der Waals surface area contributed by atoms with Crippen molar-refractivity contribution >= 4 is 11.8 Å². The number of likely N-dealkylation sites (tertiary alicyclic amines) is 1. The molecule has 114 valence electrons. The van der Waals surface area contributed by atoms with Crippen molar-refractivity contribution < 1.29 is 0 Å². The summed E-state index contributed by atoms with van der Waals surface area (Å²) in [6.07, 6.45) is 4.27. The first kappa shape index (κ1) is 14.3. The van der Waals surface area contributed by atoms with Gasteiger partial charge in [0.1, 0.15) is 0 Å². The first-order valence-electron chi connectivity index (χ1n) is 8.37. The number of nitrogens with zero attached hydrogens (tertiary/aromatic N) is 1. The van der Waals surface area contributed by atoms with E-state index in [0.29, 0.717) is 0 Å². The van der Waals surface area contributed by atoms with Gasteiger partial charge in [0, 0.05) is 29.3 Å². The third kappa shape index (κ3) is 2.95. The second-order valence-corrected chi connectivity index (χ2v) is 7.67. The number of benzene rings is 2. The van der Waals surface area contributed by atoms with Gasteiger partial charge in [-0.25, -0.2) is 0 Å². The SMILES string of the molecule is c1ccc(CN2[C@H]3CC[C@H](C3)[C@@H]2CSc2ccccc2)cc1. The fraction of sp³-hybridized carbons (Fsp3) is 0.400. The second-order valence-electron chi connectivity index (χ2n) is 6.58. The highest BCUT2D eigenvalue weighted by atomic mass is 32.2. The summed E-state index contributed by atoms with van der Waals surface area (Å²) in [5.74, 6) is 2.16. The van der Waals surface area contributed by atoms with E-state index in [4.69, 9.17) is 0 Å². The van der Waals surface area contributed by atoms with Crippen LogP contribution in [0.4, 0.5) is 0 Å². The quantitative estimate of drug-likeness (QED) is 0.728. The fourth-order valence-electron chi connectivity index (χ4n) is 4.15. The molecule has 1 nitrogen and oxygen atoms in total. The summed E-state index contributed by atoms with van der Waals surface area (Å²) in [5, 5.41) is 0. The number of hydrogen-bond acceptors (Lipinski definition) is 2. The summed E-state index contributed by atoms with van der Waals surface area (Å²) in [4.78, 5) is 4.20. The molecule has 1 aliphatic heterocycles. The van der Waals surface area contributed by atoms with Crippen molar-refractivity contribution in [1.29, 1.82) is 0 Å². The first-order valence-corrected chi connectivity index (χ1v) is 9.36. The fourth-order valence-corrected chi connectivity index (χ4v) is 5.33. The number of fused-ring (bicyclic) bond motifs is 2. The maximum atomic E-state index is 2.79. The van der Waals surface area contributed by atoms with Gasteiger partial charge in [-0.15, -0.1) is 11.8 Å². The van der Waals surface area contributed by atoms with Gasteiger partial charge in [0.15, 0.2) is 0 Å². The predicted molar refractivity (Wildman–Crippen MR) is 94.1 cm³/mol. The van der Waals surface area contributed by atoms with Crippen LogP contribution in [0.2, 0.25) is 0 Å². The Kier molecular flexibility index (Phi) is 4.22. The van der Waals surface area contributed by atoms with Crippen LogP contribution in [0.5, 0.6) is 0 Å². The maximum Gasteiger partial charge on any atom is 0.0240 e. The molecule has 0 amide bonds. The molecule has 1 saturated carbocycles. The van der Waals surface area contributed by atoms with E-state index in [1.165, 1.54) is 35.5 Å².